The van der Waals surface area contributed by atoms with Crippen molar-refractivity contribution in [2.75, 3.05) is 5.32 Å². The monoisotopic (exact) mass is 737 g/mol. The molecule has 194 valence electrons. The smallest absolute Gasteiger partial charge is 0.234 e. The Morgan fingerprint density at radius 2 is 1.16 bits per heavy atom. The summed E-state index contributed by atoms with van der Waals surface area (Å²) in [4.78, 5) is 12.0. The molecule has 4 rings (SSSR count). The van der Waals surface area contributed by atoms with E-state index in [-0.39, 0.29) is 94.4 Å². The molecule has 38 heavy (non-hydrogen) atoms. The van der Waals surface area contributed by atoms with Crippen molar-refractivity contribution < 1.29 is 74.9 Å². The molecule has 0 aliphatic heterocycles. The fourth-order valence-electron chi connectivity index (χ4n) is 2.90. The van der Waals surface area contributed by atoms with Crippen LogP contribution in [0.1, 0.15) is 34.5 Å². The molecule has 0 aliphatic rings. The Bertz CT molecular complexity index is 1260. The van der Waals surface area contributed by atoms with Crippen LogP contribution in [0.4, 0.5) is 5.69 Å². The van der Waals surface area contributed by atoms with Gasteiger partial charge in [0, 0.05) is 71.1 Å². The molecule has 3 nitrogen and oxygen atoms in total. The average molecular weight is 739 g/mol. The summed E-state index contributed by atoms with van der Waals surface area (Å²) < 4.78 is 5.63. The van der Waals surface area contributed by atoms with Crippen molar-refractivity contribution in [2.24, 2.45) is 0 Å². The van der Waals surface area contributed by atoms with E-state index in [1.807, 2.05) is 62.4 Å². The first kappa shape index (κ1) is 37.5. The third kappa shape index (κ3) is 11.6. The van der Waals surface area contributed by atoms with Gasteiger partial charge in [0.2, 0.25) is 5.91 Å². The van der Waals surface area contributed by atoms with E-state index in [1.165, 1.54) is 17.7 Å². The number of hydrogen-bond acceptors (Lipinski definition) is 2. The van der Waals surface area contributed by atoms with Crippen molar-refractivity contribution in [3.05, 3.63) is 127 Å². The molecule has 0 saturated carbocycles. The maximum absolute atomic E-state index is 12.0. The molecule has 4 aromatic rings. The largest absolute Gasteiger partial charge is 0.491 e. The van der Waals surface area contributed by atoms with Crippen LogP contribution in [-0.4, -0.2) is 5.91 Å². The van der Waals surface area contributed by atoms with Gasteiger partial charge in [-0.3, -0.25) is 4.79 Å². The van der Waals surface area contributed by atoms with E-state index in [2.05, 4.69) is 17.4 Å². The van der Waals surface area contributed by atoms with Gasteiger partial charge >= 0.3 is 0 Å². The van der Waals surface area contributed by atoms with Crippen LogP contribution in [0.2, 0.25) is 20.1 Å². The zero-order chi connectivity index (χ0) is 25.4. The van der Waals surface area contributed by atoms with E-state index in [0.717, 1.165) is 16.9 Å². The zero-order valence-corrected chi connectivity index (χ0v) is 28.8. The van der Waals surface area contributed by atoms with Crippen LogP contribution in [-0.2, 0) is 72.0 Å². The molecule has 0 spiro atoms. The molecule has 0 atom stereocenters. The first-order valence-corrected chi connectivity index (χ1v) is 12.0. The summed E-state index contributed by atoms with van der Waals surface area (Å²) in [5.74, 6) is 0.471. The van der Waals surface area contributed by atoms with Crippen molar-refractivity contribution in [3.8, 4) is 5.75 Å². The molecule has 2 radical (unpaired) electrons. The molecule has 1 amide bonds. The number of rotatable bonds is 5. The molecular weight excluding hydrogens is 714 g/mol. The first-order chi connectivity index (χ1) is 16.7. The van der Waals surface area contributed by atoms with Crippen molar-refractivity contribution in [1.29, 1.82) is 0 Å². The summed E-state index contributed by atoms with van der Waals surface area (Å²) in [6.07, 6.45) is 0. The molecule has 4 aromatic carbocycles. The Labute approximate surface area is 295 Å². The molecule has 0 heterocycles. The van der Waals surface area contributed by atoms with E-state index in [0.29, 0.717) is 22.3 Å². The molecule has 1 N–H and O–H groups in total. The van der Waals surface area contributed by atoms with E-state index >= 15 is 0 Å². The molecule has 0 aromatic heterocycles. The maximum atomic E-state index is 12.0. The molecule has 9 heteroatoms. The summed E-state index contributed by atoms with van der Waals surface area (Å²) in [7, 11) is 0. The summed E-state index contributed by atoms with van der Waals surface area (Å²) in [6.45, 7) is 4.37. The predicted molar refractivity (Wildman–Crippen MR) is 152 cm³/mol. The zero-order valence-electron chi connectivity index (χ0n) is 20.1. The number of ether oxygens (including phenoxy) is 1. The fraction of sp³-hybridized carbons (Fsp3) is 0.138. The SMILES string of the molecule is C.Cc1ccc(NC(=O)c2c(Cl)c[c-]cc2Cl)cc1.Cc1ccc(OCc2c(Cl)c[c-]cc2Cl)cc1.[Y].[Y]. The Hall–Kier alpha value is -0.482. The van der Waals surface area contributed by atoms with Gasteiger partial charge in [0.1, 0.15) is 5.75 Å². The predicted octanol–water partition coefficient (Wildman–Crippen LogP) is 9.67. The van der Waals surface area contributed by atoms with E-state index in [4.69, 9.17) is 51.1 Å². The average Bonchev–Trinajstić information content (AvgIpc) is 2.82. The Morgan fingerprint density at radius 3 is 1.63 bits per heavy atom. The number of aryl methyl sites for hydroxylation is 2. The summed E-state index contributed by atoms with van der Waals surface area (Å²) in [5.41, 5.74) is 4.07. The summed E-state index contributed by atoms with van der Waals surface area (Å²) in [6, 6.07) is 27.3. The molecule has 0 saturated heterocycles. The first-order valence-electron chi connectivity index (χ1n) is 10.5. The van der Waals surface area contributed by atoms with Crippen LogP contribution in [0.15, 0.2) is 72.8 Å². The van der Waals surface area contributed by atoms with Gasteiger partial charge in [0.05, 0.1) is 6.61 Å². The van der Waals surface area contributed by atoms with Gasteiger partial charge < -0.3 is 10.1 Å². The minimum atomic E-state index is -0.331. The maximum Gasteiger partial charge on any atom is 0.234 e. The number of benzene rings is 4. The summed E-state index contributed by atoms with van der Waals surface area (Å²) in [5, 5.41) is 4.46. The topological polar surface area (TPSA) is 38.3 Å². The summed E-state index contributed by atoms with van der Waals surface area (Å²) >= 11 is 23.9. The molecule has 0 aliphatic carbocycles. The van der Waals surface area contributed by atoms with E-state index < -0.39 is 0 Å². The van der Waals surface area contributed by atoms with Gasteiger partial charge in [0.25, 0.3) is 0 Å². The van der Waals surface area contributed by atoms with Gasteiger partial charge in [0.15, 0.2) is 0 Å². The van der Waals surface area contributed by atoms with Gasteiger partial charge in [-0.1, -0.05) is 68.5 Å². The van der Waals surface area contributed by atoms with Crippen LogP contribution < -0.4 is 10.1 Å². The third-order valence-corrected chi connectivity index (χ3v) is 6.11. The number of nitrogens with one attached hydrogen (secondary N) is 1. The second kappa shape index (κ2) is 18.8. The third-order valence-electron chi connectivity index (χ3n) is 4.84. The Kier molecular flexibility index (Phi) is 18.5. The second-order valence-electron chi connectivity index (χ2n) is 7.58. The normalized spacial score (nSPS) is 9.42. The number of carbonyl (C=O) groups excluding carboxylic acids is 1. The van der Waals surface area contributed by atoms with E-state index in [9.17, 15) is 4.79 Å². The van der Waals surface area contributed by atoms with Gasteiger partial charge in [-0.05, 0) is 43.7 Å². The quantitative estimate of drug-likeness (QED) is 0.207. The Balaban J connectivity index is 0.000000669. The van der Waals surface area contributed by atoms with Crippen molar-refractivity contribution in [1.82, 2.24) is 0 Å². The van der Waals surface area contributed by atoms with Gasteiger partial charge in [-0.2, -0.15) is 82.8 Å². The molecule has 0 unspecified atom stereocenters. The molecular formula is C29H25Cl4NO2Y2-2. The van der Waals surface area contributed by atoms with Crippen molar-refractivity contribution in [3.63, 3.8) is 0 Å². The number of amides is 1. The number of carbonyl (C=O) groups is 1. The standard InChI is InChI=1S/C14H10Cl2NO.C14H11Cl2O.CH4.2Y/c1-9-5-7-10(8-6-9)17-14(18)13-11(15)3-2-4-12(13)16;1-10-5-7-11(8-6-10)17-9-12-13(15)3-2-4-14(12)16;;;/h3-8H,1H3,(H,17,18);3-8H,9H2,1H3;1H4;;/q2*-1;;;. The fourth-order valence-corrected chi connectivity index (χ4v) is 3.93. The number of halogens is 4. The van der Waals surface area contributed by atoms with Crippen molar-refractivity contribution >= 4 is 58.0 Å². The number of anilines is 1. The number of hydrogen-bond donors (Lipinski definition) is 1. The molecule has 0 fully saturated rings. The van der Waals surface area contributed by atoms with Crippen LogP contribution in [0.5, 0.6) is 5.75 Å². The van der Waals surface area contributed by atoms with Crippen molar-refractivity contribution in [2.45, 2.75) is 27.9 Å². The van der Waals surface area contributed by atoms with E-state index in [1.54, 1.807) is 12.1 Å². The van der Waals surface area contributed by atoms with Crippen LogP contribution in [0, 0.1) is 26.0 Å². The van der Waals surface area contributed by atoms with Crippen LogP contribution in [0.3, 0.4) is 0 Å². The van der Waals surface area contributed by atoms with Gasteiger partial charge in [-0.15, -0.1) is 0 Å². The minimum absolute atomic E-state index is 0. The Morgan fingerprint density at radius 1 is 0.737 bits per heavy atom. The second-order valence-corrected chi connectivity index (χ2v) is 9.21. The van der Waals surface area contributed by atoms with Crippen LogP contribution >= 0.6 is 46.4 Å². The van der Waals surface area contributed by atoms with Gasteiger partial charge in [-0.25, -0.2) is 0 Å². The van der Waals surface area contributed by atoms with Crippen LogP contribution in [0.25, 0.3) is 0 Å². The molecule has 0 bridgehead atoms. The minimum Gasteiger partial charge on any atom is -0.491 e.